The van der Waals surface area contributed by atoms with Crippen molar-refractivity contribution in [3.05, 3.63) is 35.6 Å². The molecule has 0 aliphatic rings. The molecule has 0 radical (unpaired) electrons. The van der Waals surface area contributed by atoms with Gasteiger partial charge in [-0.05, 0) is 30.3 Å². The number of aliphatic carboxylic acids is 1. The van der Waals surface area contributed by atoms with Crippen LogP contribution in [0.3, 0.4) is 0 Å². The zero-order valence-corrected chi connectivity index (χ0v) is 9.27. The van der Waals surface area contributed by atoms with E-state index >= 15 is 0 Å². The summed E-state index contributed by atoms with van der Waals surface area (Å²) in [5.74, 6) is -1.76. The van der Waals surface area contributed by atoms with Crippen molar-refractivity contribution in [1.82, 2.24) is 0 Å². The number of carboxylic acid groups (broad SMARTS) is 1. The van der Waals surface area contributed by atoms with Crippen molar-refractivity contribution in [2.45, 2.75) is 19.4 Å². The molecule has 16 heavy (non-hydrogen) atoms. The van der Waals surface area contributed by atoms with Crippen molar-refractivity contribution in [2.24, 2.45) is 10.9 Å². The van der Waals surface area contributed by atoms with Crippen LogP contribution in [0, 0.1) is 11.7 Å². The first kappa shape index (κ1) is 12.4. The SMILES string of the molecule is C=N[C@@](C(=O)O)(c1ccc(F)cc1)C(C)C. The molecule has 86 valence electrons. The maximum atomic E-state index is 12.8. The molecule has 0 heterocycles. The van der Waals surface area contributed by atoms with Gasteiger partial charge in [-0.1, -0.05) is 26.0 Å². The van der Waals surface area contributed by atoms with Crippen molar-refractivity contribution in [2.75, 3.05) is 0 Å². The second-order valence-electron chi connectivity index (χ2n) is 3.89. The summed E-state index contributed by atoms with van der Waals surface area (Å²) in [6, 6.07) is 5.30. The average molecular weight is 223 g/mol. The van der Waals surface area contributed by atoms with Crippen LogP contribution in [0.4, 0.5) is 4.39 Å². The highest BCUT2D eigenvalue weighted by atomic mass is 19.1. The Hall–Kier alpha value is -1.71. The molecule has 0 aromatic heterocycles. The standard InChI is InChI=1S/C12H14FNO2/c1-8(2)12(14-3,11(15)16)9-4-6-10(13)7-5-9/h4-8H,3H2,1-2H3,(H,15,16)/t12-/m1/s1. The number of rotatable bonds is 4. The molecule has 0 spiro atoms. The largest absolute Gasteiger partial charge is 0.479 e. The average Bonchev–Trinajstić information content (AvgIpc) is 2.21. The third kappa shape index (κ3) is 1.83. The Morgan fingerprint density at radius 1 is 1.44 bits per heavy atom. The topological polar surface area (TPSA) is 49.7 Å². The number of halogens is 1. The second kappa shape index (κ2) is 4.43. The number of carbonyl (C=O) groups is 1. The summed E-state index contributed by atoms with van der Waals surface area (Å²) < 4.78 is 12.8. The van der Waals surface area contributed by atoms with Gasteiger partial charge in [-0.15, -0.1) is 0 Å². The van der Waals surface area contributed by atoms with Gasteiger partial charge >= 0.3 is 5.97 Å². The molecule has 1 N–H and O–H groups in total. The summed E-state index contributed by atoms with van der Waals surface area (Å²) in [6.07, 6.45) is 0. The molecule has 1 atom stereocenters. The zero-order valence-electron chi connectivity index (χ0n) is 9.27. The lowest BCUT2D eigenvalue weighted by molar-refractivity contribution is -0.145. The Labute approximate surface area is 93.6 Å². The maximum absolute atomic E-state index is 12.8. The van der Waals surface area contributed by atoms with Crippen LogP contribution in [-0.4, -0.2) is 17.8 Å². The number of benzene rings is 1. The molecule has 1 rings (SSSR count). The van der Waals surface area contributed by atoms with Gasteiger partial charge in [-0.3, -0.25) is 4.99 Å². The van der Waals surface area contributed by atoms with Crippen molar-refractivity contribution < 1.29 is 14.3 Å². The van der Waals surface area contributed by atoms with E-state index in [0.717, 1.165) is 0 Å². The summed E-state index contributed by atoms with van der Waals surface area (Å²) >= 11 is 0. The predicted octanol–water partition coefficient (Wildman–Crippen LogP) is 2.46. The van der Waals surface area contributed by atoms with E-state index in [-0.39, 0.29) is 5.92 Å². The van der Waals surface area contributed by atoms with E-state index in [2.05, 4.69) is 11.7 Å². The summed E-state index contributed by atoms with van der Waals surface area (Å²) in [6.45, 7) is 6.83. The lowest BCUT2D eigenvalue weighted by Crippen LogP contribution is -2.38. The van der Waals surface area contributed by atoms with Crippen LogP contribution in [0.5, 0.6) is 0 Å². The van der Waals surface area contributed by atoms with Gasteiger partial charge in [0.1, 0.15) is 5.82 Å². The van der Waals surface area contributed by atoms with Gasteiger partial charge in [0, 0.05) is 0 Å². The highest BCUT2D eigenvalue weighted by molar-refractivity contribution is 5.82. The van der Waals surface area contributed by atoms with Crippen LogP contribution >= 0.6 is 0 Å². The van der Waals surface area contributed by atoms with Crippen LogP contribution in [-0.2, 0) is 10.3 Å². The first-order valence-corrected chi connectivity index (χ1v) is 4.92. The first-order chi connectivity index (χ1) is 7.45. The quantitative estimate of drug-likeness (QED) is 0.797. The fraction of sp³-hybridized carbons (Fsp3) is 0.333. The molecular formula is C12H14FNO2. The minimum Gasteiger partial charge on any atom is -0.479 e. The van der Waals surface area contributed by atoms with Gasteiger partial charge in [-0.25, -0.2) is 9.18 Å². The monoisotopic (exact) mass is 223 g/mol. The van der Waals surface area contributed by atoms with Gasteiger partial charge in [0.05, 0.1) is 0 Å². The second-order valence-corrected chi connectivity index (χ2v) is 3.89. The smallest absolute Gasteiger partial charge is 0.336 e. The molecule has 0 aliphatic heterocycles. The number of aliphatic imine (C=N–C) groups is 1. The van der Waals surface area contributed by atoms with E-state index in [1.807, 2.05) is 0 Å². The molecule has 3 nitrogen and oxygen atoms in total. The molecule has 0 saturated carbocycles. The van der Waals surface area contributed by atoms with E-state index in [0.29, 0.717) is 5.56 Å². The van der Waals surface area contributed by atoms with Crippen LogP contribution in [0.2, 0.25) is 0 Å². The summed E-state index contributed by atoms with van der Waals surface area (Å²) in [5.41, 5.74) is -0.973. The number of carboxylic acids is 1. The lowest BCUT2D eigenvalue weighted by atomic mass is 9.80. The van der Waals surface area contributed by atoms with Crippen LogP contribution in [0.1, 0.15) is 19.4 Å². The predicted molar refractivity (Wildman–Crippen MR) is 60.1 cm³/mol. The zero-order chi connectivity index (χ0) is 12.3. The normalized spacial score (nSPS) is 14.5. The Morgan fingerprint density at radius 2 is 1.94 bits per heavy atom. The molecule has 0 fully saturated rings. The molecular weight excluding hydrogens is 209 g/mol. The molecule has 1 aromatic rings. The van der Waals surface area contributed by atoms with E-state index in [4.69, 9.17) is 0 Å². The van der Waals surface area contributed by atoms with Crippen molar-refractivity contribution in [3.63, 3.8) is 0 Å². The van der Waals surface area contributed by atoms with Gasteiger partial charge in [-0.2, -0.15) is 0 Å². The highest BCUT2D eigenvalue weighted by Gasteiger charge is 2.42. The fourth-order valence-corrected chi connectivity index (χ4v) is 1.75. The molecule has 0 amide bonds. The van der Waals surface area contributed by atoms with E-state index in [9.17, 15) is 14.3 Å². The minimum absolute atomic E-state index is 0.270. The summed E-state index contributed by atoms with van der Waals surface area (Å²) in [4.78, 5) is 15.1. The molecule has 0 bridgehead atoms. The van der Waals surface area contributed by atoms with E-state index in [1.54, 1.807) is 13.8 Å². The maximum Gasteiger partial charge on any atom is 0.336 e. The fourth-order valence-electron chi connectivity index (χ4n) is 1.75. The van der Waals surface area contributed by atoms with Crippen molar-refractivity contribution >= 4 is 12.7 Å². The van der Waals surface area contributed by atoms with Gasteiger partial charge in [0.2, 0.25) is 0 Å². The van der Waals surface area contributed by atoms with Crippen LogP contribution in [0.25, 0.3) is 0 Å². The summed E-state index contributed by atoms with van der Waals surface area (Å²) in [5, 5.41) is 9.29. The third-order valence-electron chi connectivity index (χ3n) is 2.70. The van der Waals surface area contributed by atoms with Gasteiger partial charge < -0.3 is 5.11 Å². The number of nitrogens with zero attached hydrogens (tertiary/aromatic N) is 1. The Morgan fingerprint density at radius 3 is 2.25 bits per heavy atom. The van der Waals surface area contributed by atoms with Gasteiger partial charge in [0.15, 0.2) is 5.54 Å². The summed E-state index contributed by atoms with van der Waals surface area (Å²) in [7, 11) is 0. The Kier molecular flexibility index (Phi) is 3.42. The van der Waals surface area contributed by atoms with Crippen molar-refractivity contribution in [1.29, 1.82) is 0 Å². The van der Waals surface area contributed by atoms with Crippen LogP contribution < -0.4 is 0 Å². The molecule has 4 heteroatoms. The number of hydrogen-bond acceptors (Lipinski definition) is 2. The van der Waals surface area contributed by atoms with E-state index in [1.165, 1.54) is 24.3 Å². The minimum atomic E-state index is -1.41. The van der Waals surface area contributed by atoms with Crippen molar-refractivity contribution in [3.8, 4) is 0 Å². The van der Waals surface area contributed by atoms with E-state index < -0.39 is 17.3 Å². The highest BCUT2D eigenvalue weighted by Crippen LogP contribution is 2.34. The Balaban J connectivity index is 3.36. The molecule has 1 aromatic carbocycles. The third-order valence-corrected chi connectivity index (χ3v) is 2.70. The Bertz CT molecular complexity index is 400. The molecule has 0 aliphatic carbocycles. The molecule has 0 unspecified atom stereocenters. The van der Waals surface area contributed by atoms with Gasteiger partial charge in [0.25, 0.3) is 0 Å². The lowest BCUT2D eigenvalue weighted by Gasteiger charge is -2.29. The van der Waals surface area contributed by atoms with Crippen LogP contribution in [0.15, 0.2) is 29.3 Å². The number of hydrogen-bond donors (Lipinski definition) is 1. The first-order valence-electron chi connectivity index (χ1n) is 4.92. The molecule has 0 saturated heterocycles.